The third-order valence-corrected chi connectivity index (χ3v) is 1.78. The van der Waals surface area contributed by atoms with Crippen LogP contribution in [0.15, 0.2) is 29.1 Å². The molecule has 13 heavy (non-hydrogen) atoms. The summed E-state index contributed by atoms with van der Waals surface area (Å²) in [6.45, 7) is 0. The first-order chi connectivity index (χ1) is 6.20. The van der Waals surface area contributed by atoms with Crippen LogP contribution in [0.2, 0.25) is 0 Å². The minimum atomic E-state index is -1.30. The Morgan fingerprint density at radius 1 is 1.38 bits per heavy atom. The van der Waals surface area contributed by atoms with Gasteiger partial charge in [0, 0.05) is 0 Å². The van der Waals surface area contributed by atoms with E-state index >= 15 is 0 Å². The average molecular weight is 178 g/mol. The van der Waals surface area contributed by atoms with Gasteiger partial charge in [-0.25, -0.2) is 4.79 Å². The van der Waals surface area contributed by atoms with Crippen LogP contribution in [0.3, 0.4) is 0 Å². The van der Waals surface area contributed by atoms with Crippen molar-refractivity contribution in [1.29, 1.82) is 0 Å². The average Bonchev–Trinajstić information content (AvgIpc) is 2.45. The number of carboxylic acid groups (broad SMARTS) is 1. The van der Waals surface area contributed by atoms with E-state index in [9.17, 15) is 9.59 Å². The number of aromatic amines is 1. The number of hydrogen-bond acceptors (Lipinski definition) is 2. The first kappa shape index (κ1) is 7.60. The fourth-order valence-corrected chi connectivity index (χ4v) is 1.19. The normalized spacial score (nSPS) is 10.5. The maximum absolute atomic E-state index is 11.3. The number of fused-ring (bicyclic) bond motifs is 1. The molecule has 5 heteroatoms. The van der Waals surface area contributed by atoms with Crippen LogP contribution in [0, 0.1) is 0 Å². The second-order valence-electron chi connectivity index (χ2n) is 2.58. The van der Waals surface area contributed by atoms with E-state index in [1.54, 1.807) is 24.3 Å². The van der Waals surface area contributed by atoms with Crippen LogP contribution in [-0.4, -0.2) is 21.0 Å². The van der Waals surface area contributed by atoms with Gasteiger partial charge in [-0.2, -0.15) is 0 Å². The molecule has 0 saturated carbocycles. The monoisotopic (exact) mass is 178 g/mol. The zero-order valence-corrected chi connectivity index (χ0v) is 6.52. The highest BCUT2D eigenvalue weighted by Crippen LogP contribution is 2.04. The highest BCUT2D eigenvalue weighted by molar-refractivity contribution is 5.81. The van der Waals surface area contributed by atoms with Gasteiger partial charge in [0.15, 0.2) is 0 Å². The summed E-state index contributed by atoms with van der Waals surface area (Å²) in [5, 5.41) is 11.4. The maximum Gasteiger partial charge on any atom is 0.433 e. The molecular weight excluding hydrogens is 172 g/mol. The zero-order chi connectivity index (χ0) is 9.42. The molecule has 0 saturated heterocycles. The second-order valence-corrected chi connectivity index (χ2v) is 2.58. The van der Waals surface area contributed by atoms with Crippen LogP contribution in [-0.2, 0) is 0 Å². The Balaban J connectivity index is 2.90. The molecule has 0 radical (unpaired) electrons. The lowest BCUT2D eigenvalue weighted by atomic mass is 10.3. The zero-order valence-electron chi connectivity index (χ0n) is 6.52. The van der Waals surface area contributed by atoms with E-state index in [1.807, 2.05) is 0 Å². The smallest absolute Gasteiger partial charge is 0.433 e. The molecule has 2 aromatic rings. The Bertz CT molecular complexity index is 523. The molecular formula is C8H6N2O3. The molecule has 66 valence electrons. The van der Waals surface area contributed by atoms with Crippen molar-refractivity contribution in [3.8, 4) is 0 Å². The number of H-pyrrole nitrogens is 1. The molecule has 5 nitrogen and oxygen atoms in total. The first-order valence-electron chi connectivity index (χ1n) is 3.63. The Labute approximate surface area is 72.2 Å². The van der Waals surface area contributed by atoms with Crippen LogP contribution < -0.4 is 5.56 Å². The van der Waals surface area contributed by atoms with Crippen LogP contribution in [0.1, 0.15) is 0 Å². The maximum atomic E-state index is 11.3. The van der Waals surface area contributed by atoms with E-state index in [4.69, 9.17) is 5.11 Å². The summed E-state index contributed by atoms with van der Waals surface area (Å²) in [5.74, 6) is 0. The first-order valence-corrected chi connectivity index (χ1v) is 3.63. The van der Waals surface area contributed by atoms with Gasteiger partial charge in [0.25, 0.3) is 5.56 Å². The van der Waals surface area contributed by atoms with Gasteiger partial charge in [-0.05, 0) is 12.1 Å². The number of aromatic nitrogens is 2. The molecule has 0 spiro atoms. The van der Waals surface area contributed by atoms with E-state index in [2.05, 4.69) is 5.10 Å². The van der Waals surface area contributed by atoms with Crippen molar-refractivity contribution in [3.05, 3.63) is 34.6 Å². The lowest BCUT2D eigenvalue weighted by molar-refractivity contribution is 0.192. The highest BCUT2D eigenvalue weighted by Gasteiger charge is 2.09. The summed E-state index contributed by atoms with van der Waals surface area (Å²) in [6, 6.07) is 6.64. The summed E-state index contributed by atoms with van der Waals surface area (Å²) in [5.41, 5.74) is -0.0157. The van der Waals surface area contributed by atoms with E-state index in [1.165, 1.54) is 0 Å². The molecule has 1 aromatic carbocycles. The molecule has 0 amide bonds. The van der Waals surface area contributed by atoms with Crippen molar-refractivity contribution in [1.82, 2.24) is 9.78 Å². The summed E-state index contributed by atoms with van der Waals surface area (Å²) < 4.78 is 0.560. The standard InChI is InChI=1S/C8H6N2O3/c11-7-5-3-1-2-4-6(5)9-10(7)8(12)13/h1-4,9H,(H,12,13). The van der Waals surface area contributed by atoms with Gasteiger partial charge in [0.2, 0.25) is 0 Å². The molecule has 1 aromatic heterocycles. The van der Waals surface area contributed by atoms with E-state index in [-0.39, 0.29) is 0 Å². The van der Waals surface area contributed by atoms with Crippen molar-refractivity contribution in [2.45, 2.75) is 0 Å². The lowest BCUT2D eigenvalue weighted by Crippen LogP contribution is -2.22. The molecule has 0 aliphatic heterocycles. The van der Waals surface area contributed by atoms with Gasteiger partial charge in [-0.15, -0.1) is 4.68 Å². The quantitative estimate of drug-likeness (QED) is 0.628. The predicted molar refractivity (Wildman–Crippen MR) is 46.0 cm³/mol. The van der Waals surface area contributed by atoms with Crippen LogP contribution in [0.25, 0.3) is 10.9 Å². The highest BCUT2D eigenvalue weighted by atomic mass is 16.4. The van der Waals surface area contributed by atoms with Crippen LogP contribution in [0.5, 0.6) is 0 Å². The summed E-state index contributed by atoms with van der Waals surface area (Å²) >= 11 is 0. The largest absolute Gasteiger partial charge is 0.463 e. The van der Waals surface area contributed by atoms with Gasteiger partial charge >= 0.3 is 6.09 Å². The Hall–Kier alpha value is -2.04. The van der Waals surface area contributed by atoms with Crippen LogP contribution in [0.4, 0.5) is 4.79 Å². The van der Waals surface area contributed by atoms with Crippen molar-refractivity contribution in [2.24, 2.45) is 0 Å². The fraction of sp³-hybridized carbons (Fsp3) is 0. The van der Waals surface area contributed by atoms with Gasteiger partial charge in [-0.3, -0.25) is 9.89 Å². The van der Waals surface area contributed by atoms with Gasteiger partial charge in [0.1, 0.15) is 0 Å². The minimum Gasteiger partial charge on any atom is -0.463 e. The van der Waals surface area contributed by atoms with E-state index in [0.29, 0.717) is 15.6 Å². The molecule has 0 aliphatic rings. The third-order valence-electron chi connectivity index (χ3n) is 1.78. The lowest BCUT2D eigenvalue weighted by Gasteiger charge is -1.87. The van der Waals surface area contributed by atoms with Gasteiger partial charge in [-0.1, -0.05) is 12.1 Å². The number of para-hydroxylation sites is 1. The molecule has 0 atom stereocenters. The Morgan fingerprint density at radius 3 is 2.69 bits per heavy atom. The topological polar surface area (TPSA) is 75.1 Å². The molecule has 1 heterocycles. The molecule has 0 unspecified atom stereocenters. The SMILES string of the molecule is O=C(O)n1[nH]c2ccccc2c1=O. The number of hydrogen-bond donors (Lipinski definition) is 2. The second kappa shape index (κ2) is 2.48. The van der Waals surface area contributed by atoms with Crippen molar-refractivity contribution < 1.29 is 9.90 Å². The fourth-order valence-electron chi connectivity index (χ4n) is 1.19. The van der Waals surface area contributed by atoms with Crippen molar-refractivity contribution in [3.63, 3.8) is 0 Å². The number of nitrogens with one attached hydrogen (secondary N) is 1. The Morgan fingerprint density at radius 2 is 2.08 bits per heavy atom. The summed E-state index contributed by atoms with van der Waals surface area (Å²) in [6.07, 6.45) is -1.30. The van der Waals surface area contributed by atoms with Crippen molar-refractivity contribution in [2.75, 3.05) is 0 Å². The van der Waals surface area contributed by atoms with Gasteiger partial charge < -0.3 is 5.11 Å². The summed E-state index contributed by atoms with van der Waals surface area (Å²) in [4.78, 5) is 21.8. The molecule has 0 bridgehead atoms. The van der Waals surface area contributed by atoms with E-state index in [0.717, 1.165) is 0 Å². The van der Waals surface area contributed by atoms with Crippen molar-refractivity contribution >= 4 is 17.0 Å². The Kier molecular flexibility index (Phi) is 1.45. The number of benzene rings is 1. The number of carbonyl (C=O) groups is 1. The van der Waals surface area contributed by atoms with E-state index < -0.39 is 11.7 Å². The van der Waals surface area contributed by atoms with Crippen LogP contribution >= 0.6 is 0 Å². The minimum absolute atomic E-state index is 0.380. The number of rotatable bonds is 0. The number of nitrogens with zero attached hydrogens (tertiary/aromatic N) is 1. The predicted octanol–water partition coefficient (Wildman–Crippen LogP) is 0.856. The molecule has 0 fully saturated rings. The third kappa shape index (κ3) is 1.01. The molecule has 2 N–H and O–H groups in total. The molecule has 2 rings (SSSR count). The van der Waals surface area contributed by atoms with Gasteiger partial charge in [0.05, 0.1) is 10.9 Å². The summed E-state index contributed by atoms with van der Waals surface area (Å²) in [7, 11) is 0. The molecule has 0 aliphatic carbocycles.